The average molecular weight is 453 g/mol. The van der Waals surface area contributed by atoms with Gasteiger partial charge < -0.3 is 14.7 Å². The molecule has 3 heterocycles. The first-order chi connectivity index (χ1) is 14.4. The summed E-state index contributed by atoms with van der Waals surface area (Å²) in [5.74, 6) is 0.347. The van der Waals surface area contributed by atoms with E-state index in [1.54, 1.807) is 30.1 Å². The Kier molecular flexibility index (Phi) is 6.26. The summed E-state index contributed by atoms with van der Waals surface area (Å²) in [5.41, 5.74) is 1.15. The zero-order valence-electron chi connectivity index (χ0n) is 16.4. The number of fused-ring (bicyclic) bond motifs is 1. The number of nitrogens with zero attached hydrogens (tertiary/aromatic N) is 5. The van der Waals surface area contributed by atoms with Gasteiger partial charge in [0.15, 0.2) is 5.52 Å². The van der Waals surface area contributed by atoms with Crippen LogP contribution in [0.5, 0.6) is 0 Å². The summed E-state index contributed by atoms with van der Waals surface area (Å²) in [6, 6.07) is 5.16. The molecule has 30 heavy (non-hydrogen) atoms. The first-order valence-electron chi connectivity index (χ1n) is 9.55. The Labute approximate surface area is 182 Å². The van der Waals surface area contributed by atoms with Gasteiger partial charge in [-0.15, -0.1) is 0 Å². The average Bonchev–Trinajstić information content (AvgIpc) is 3.13. The zero-order chi connectivity index (χ0) is 21.3. The van der Waals surface area contributed by atoms with Gasteiger partial charge >= 0.3 is 0 Å². The molecule has 0 bridgehead atoms. The fourth-order valence-electron chi connectivity index (χ4n) is 3.45. The predicted octanol–water partition coefficient (Wildman–Crippen LogP) is 1.89. The first kappa shape index (κ1) is 21.1. The number of aromatic nitrogens is 4. The third-order valence-corrected chi connectivity index (χ3v) is 5.79. The van der Waals surface area contributed by atoms with Crippen molar-refractivity contribution < 1.29 is 9.84 Å². The fourth-order valence-corrected chi connectivity index (χ4v) is 3.74. The molecular weight excluding hydrogens is 431 g/mol. The van der Waals surface area contributed by atoms with Gasteiger partial charge in [-0.2, -0.15) is 5.10 Å². The van der Waals surface area contributed by atoms with Gasteiger partial charge in [0.2, 0.25) is 5.95 Å². The van der Waals surface area contributed by atoms with Gasteiger partial charge in [0.05, 0.1) is 42.1 Å². The van der Waals surface area contributed by atoms with E-state index in [0.29, 0.717) is 46.8 Å². The Balaban J connectivity index is 1.55. The maximum Gasteiger partial charge on any atom is 0.278 e. The Hall–Kier alpha value is -2.17. The van der Waals surface area contributed by atoms with E-state index in [4.69, 9.17) is 27.9 Å². The van der Waals surface area contributed by atoms with E-state index in [1.807, 2.05) is 0 Å². The molecule has 11 heteroatoms. The van der Waals surface area contributed by atoms with Crippen LogP contribution < -0.4 is 10.5 Å². The van der Waals surface area contributed by atoms with Crippen molar-refractivity contribution in [3.8, 4) is 0 Å². The van der Waals surface area contributed by atoms with Gasteiger partial charge in [-0.1, -0.05) is 23.2 Å². The topological polar surface area (TPSA) is 99.5 Å². The Morgan fingerprint density at radius 2 is 2.03 bits per heavy atom. The summed E-state index contributed by atoms with van der Waals surface area (Å²) in [6.07, 6.45) is 0.863. The molecule has 0 aliphatic carbocycles. The number of ether oxygens (including phenoxy) is 1. The van der Waals surface area contributed by atoms with E-state index < -0.39 is 6.10 Å². The minimum absolute atomic E-state index is 0.202. The lowest BCUT2D eigenvalue weighted by molar-refractivity contribution is 0.0111. The van der Waals surface area contributed by atoms with Crippen molar-refractivity contribution in [2.75, 3.05) is 44.8 Å². The summed E-state index contributed by atoms with van der Waals surface area (Å²) >= 11 is 12.1. The van der Waals surface area contributed by atoms with Crippen LogP contribution in [0.1, 0.15) is 0 Å². The molecule has 1 aromatic carbocycles. The van der Waals surface area contributed by atoms with Crippen molar-refractivity contribution in [2.24, 2.45) is 0 Å². The molecular formula is C19H22Cl2N6O3. The van der Waals surface area contributed by atoms with Crippen LogP contribution in [0, 0.1) is 0 Å². The van der Waals surface area contributed by atoms with Crippen molar-refractivity contribution in [1.29, 1.82) is 0 Å². The van der Waals surface area contributed by atoms with Crippen molar-refractivity contribution in [1.82, 2.24) is 24.6 Å². The van der Waals surface area contributed by atoms with E-state index in [9.17, 15) is 9.90 Å². The number of rotatable bonds is 6. The molecule has 0 radical (unpaired) electrons. The molecule has 1 atom stereocenters. The number of β-amino-alcohol motifs (C(OH)–C–C–N with tert-alkyl or cyclic N) is 1. The van der Waals surface area contributed by atoms with Gasteiger partial charge in [-0.25, -0.2) is 4.98 Å². The second kappa shape index (κ2) is 8.91. The number of aliphatic hydroxyl groups is 1. The number of nitrogens with one attached hydrogen (secondary N) is 1. The SMILES string of the molecule is CN(c1ccc(Cl)c(Cl)c1)c1nc2cnn(CC(O)CN3CCOCC3)c2c(=O)[nH]1. The number of H-pyrrole nitrogens is 1. The maximum atomic E-state index is 12.8. The standard InChI is InChI=1S/C19H22Cl2N6O3/c1-25(12-2-3-14(20)15(21)8-12)19-23-16-9-22-27(17(16)18(29)24-19)11-13(28)10-26-4-6-30-7-5-26/h2-3,8-9,13,28H,4-7,10-11H2,1H3,(H,23,24,29). The molecule has 3 aromatic rings. The molecule has 4 rings (SSSR count). The van der Waals surface area contributed by atoms with Crippen molar-refractivity contribution in [3.05, 3.63) is 44.8 Å². The molecule has 0 amide bonds. The van der Waals surface area contributed by atoms with E-state index >= 15 is 0 Å². The van der Waals surface area contributed by atoms with E-state index in [0.717, 1.165) is 18.8 Å². The molecule has 0 saturated carbocycles. The minimum Gasteiger partial charge on any atom is -0.390 e. The minimum atomic E-state index is -0.663. The van der Waals surface area contributed by atoms with Crippen LogP contribution in [0.4, 0.5) is 11.6 Å². The second-order valence-corrected chi connectivity index (χ2v) is 7.99. The first-order valence-corrected chi connectivity index (χ1v) is 10.3. The Morgan fingerprint density at radius 3 is 2.77 bits per heavy atom. The van der Waals surface area contributed by atoms with E-state index in [-0.39, 0.29) is 12.1 Å². The van der Waals surface area contributed by atoms with Gasteiger partial charge in [0, 0.05) is 32.4 Å². The number of aliphatic hydroxyl groups excluding tert-OH is 1. The smallest absolute Gasteiger partial charge is 0.278 e. The molecule has 160 valence electrons. The number of benzene rings is 1. The monoisotopic (exact) mass is 452 g/mol. The molecule has 2 aromatic heterocycles. The highest BCUT2D eigenvalue weighted by molar-refractivity contribution is 6.42. The molecule has 1 saturated heterocycles. The summed E-state index contributed by atoms with van der Waals surface area (Å²) in [6.45, 7) is 3.58. The van der Waals surface area contributed by atoms with E-state index in [1.165, 1.54) is 10.9 Å². The van der Waals surface area contributed by atoms with Crippen molar-refractivity contribution >= 4 is 45.9 Å². The van der Waals surface area contributed by atoms with Gasteiger partial charge in [0.25, 0.3) is 5.56 Å². The van der Waals surface area contributed by atoms with Crippen LogP contribution in [-0.2, 0) is 11.3 Å². The number of morpholine rings is 1. The number of aromatic amines is 1. The van der Waals surface area contributed by atoms with Crippen molar-refractivity contribution in [2.45, 2.75) is 12.6 Å². The number of hydrogen-bond acceptors (Lipinski definition) is 7. The largest absolute Gasteiger partial charge is 0.390 e. The molecule has 1 unspecified atom stereocenters. The third kappa shape index (κ3) is 4.45. The van der Waals surface area contributed by atoms with Crippen LogP contribution >= 0.6 is 23.2 Å². The number of anilines is 2. The lowest BCUT2D eigenvalue weighted by Gasteiger charge is -2.28. The zero-order valence-corrected chi connectivity index (χ0v) is 17.9. The highest BCUT2D eigenvalue weighted by atomic mass is 35.5. The van der Waals surface area contributed by atoms with Crippen LogP contribution in [0.15, 0.2) is 29.2 Å². The maximum absolute atomic E-state index is 12.8. The van der Waals surface area contributed by atoms with Crippen molar-refractivity contribution in [3.63, 3.8) is 0 Å². The quantitative estimate of drug-likeness (QED) is 0.588. The molecule has 0 spiro atoms. The lowest BCUT2D eigenvalue weighted by atomic mass is 10.3. The van der Waals surface area contributed by atoms with Crippen LogP contribution in [0.2, 0.25) is 10.0 Å². The highest BCUT2D eigenvalue weighted by Gasteiger charge is 2.19. The molecule has 9 nitrogen and oxygen atoms in total. The number of hydrogen-bond donors (Lipinski definition) is 2. The summed E-state index contributed by atoms with van der Waals surface area (Å²) in [4.78, 5) is 23.9. The number of halogens is 2. The van der Waals surface area contributed by atoms with Crippen LogP contribution in [0.25, 0.3) is 11.0 Å². The molecule has 2 N–H and O–H groups in total. The predicted molar refractivity (Wildman–Crippen MR) is 116 cm³/mol. The molecule has 1 aliphatic rings. The van der Waals surface area contributed by atoms with Gasteiger partial charge in [0.1, 0.15) is 5.52 Å². The van der Waals surface area contributed by atoms with Crippen LogP contribution in [-0.4, -0.2) is 75.8 Å². The lowest BCUT2D eigenvalue weighted by Crippen LogP contribution is -2.42. The van der Waals surface area contributed by atoms with Gasteiger partial charge in [-0.3, -0.25) is 19.4 Å². The van der Waals surface area contributed by atoms with E-state index in [2.05, 4.69) is 20.0 Å². The van der Waals surface area contributed by atoms with Crippen LogP contribution in [0.3, 0.4) is 0 Å². The normalized spacial score (nSPS) is 16.1. The third-order valence-electron chi connectivity index (χ3n) is 5.05. The highest BCUT2D eigenvalue weighted by Crippen LogP contribution is 2.29. The Morgan fingerprint density at radius 1 is 1.27 bits per heavy atom. The summed E-state index contributed by atoms with van der Waals surface area (Å²) in [5, 5.41) is 15.6. The van der Waals surface area contributed by atoms with Gasteiger partial charge in [-0.05, 0) is 18.2 Å². The fraction of sp³-hybridized carbons (Fsp3) is 0.421. The second-order valence-electron chi connectivity index (χ2n) is 7.17. The molecule has 1 fully saturated rings. The summed E-state index contributed by atoms with van der Waals surface area (Å²) < 4.78 is 6.82. The Bertz CT molecular complexity index is 1100. The molecule has 1 aliphatic heterocycles. The summed E-state index contributed by atoms with van der Waals surface area (Å²) in [7, 11) is 1.76.